The molecule has 0 aliphatic carbocycles. The summed E-state index contributed by atoms with van der Waals surface area (Å²) in [5.74, 6) is 0. The Morgan fingerprint density at radius 1 is 1.83 bits per heavy atom. The summed E-state index contributed by atoms with van der Waals surface area (Å²) in [6, 6.07) is 0. The molecule has 0 saturated carbocycles. The first kappa shape index (κ1) is 4.12. The van der Waals surface area contributed by atoms with E-state index in [0.29, 0.717) is 0 Å². The van der Waals surface area contributed by atoms with Crippen LogP contribution in [0.15, 0.2) is 5.10 Å². The molecule has 0 unspecified atom stereocenters. The lowest BCUT2D eigenvalue weighted by atomic mass is 10.5. The lowest BCUT2D eigenvalue weighted by Crippen LogP contribution is -1.94. The summed E-state index contributed by atoms with van der Waals surface area (Å²) in [5, 5.41) is 3.86. The van der Waals surface area contributed by atoms with Crippen LogP contribution in [0.4, 0.5) is 0 Å². The van der Waals surface area contributed by atoms with Gasteiger partial charge in [-0.15, -0.1) is 0 Å². The Balaban J connectivity index is 2.38. The van der Waals surface area contributed by atoms with Crippen molar-refractivity contribution >= 4 is 22.4 Å². The molecule has 0 aromatic carbocycles. The van der Waals surface area contributed by atoms with Gasteiger partial charge in [-0.1, -0.05) is 0 Å². The predicted molar refractivity (Wildman–Crippen MR) is 28.7 cm³/mol. The van der Waals surface area contributed by atoms with Gasteiger partial charge in [0.25, 0.3) is 0 Å². The Morgan fingerprint density at radius 2 is 2.67 bits per heavy atom. The molecule has 3 heteroatoms. The topological polar surface area (TPSA) is 15.6 Å². The summed E-state index contributed by atoms with van der Waals surface area (Å²) in [6.45, 7) is 1.01. The van der Waals surface area contributed by atoms with Crippen LogP contribution in [0.25, 0.3) is 0 Å². The average Bonchev–Trinajstić information content (AvgIpc) is 1.86. The zero-order valence-electron chi connectivity index (χ0n) is 3.26. The number of nitrogens with zero attached hydrogens (tertiary/aromatic N) is 2. The maximum Gasteiger partial charge on any atom is 0.0686 e. The lowest BCUT2D eigenvalue weighted by molar-refractivity contribution is 0.576. The monoisotopic (exact) mass is 148 g/mol. The van der Waals surface area contributed by atoms with Gasteiger partial charge in [-0.3, -0.25) is 0 Å². The van der Waals surface area contributed by atoms with Crippen LogP contribution in [0.3, 0.4) is 0 Å². The first-order valence-corrected chi connectivity index (χ1v) is 2.56. The van der Waals surface area contributed by atoms with Crippen molar-refractivity contribution in [3.05, 3.63) is 0 Å². The zero-order valence-corrected chi connectivity index (χ0v) is 4.85. The second kappa shape index (κ2) is 1.60. The molecule has 0 amide bonds. The highest BCUT2D eigenvalue weighted by molar-refractivity contribution is 9.07. The van der Waals surface area contributed by atoms with E-state index >= 15 is 0 Å². The van der Waals surface area contributed by atoms with Gasteiger partial charge in [0.2, 0.25) is 0 Å². The highest BCUT2D eigenvalue weighted by atomic mass is 79.9. The van der Waals surface area contributed by atoms with E-state index in [2.05, 4.69) is 21.2 Å². The number of rotatable bonds is 0. The van der Waals surface area contributed by atoms with Crippen molar-refractivity contribution in [2.24, 2.45) is 5.10 Å². The summed E-state index contributed by atoms with van der Waals surface area (Å²) in [7, 11) is 0. The molecule has 0 N–H and O–H groups in total. The fourth-order valence-corrected chi connectivity index (χ4v) is 0.703. The first-order chi connectivity index (χ1) is 2.89. The van der Waals surface area contributed by atoms with E-state index in [4.69, 9.17) is 0 Å². The maximum atomic E-state index is 3.86. The minimum absolute atomic E-state index is 1.01. The highest BCUT2D eigenvalue weighted by Crippen LogP contribution is 2.03. The molecule has 0 atom stereocenters. The Bertz CT molecular complexity index is 71.2. The summed E-state index contributed by atoms with van der Waals surface area (Å²) in [5.41, 5.74) is 0. The van der Waals surface area contributed by atoms with Crippen molar-refractivity contribution in [2.75, 3.05) is 6.54 Å². The van der Waals surface area contributed by atoms with Crippen molar-refractivity contribution in [3.63, 3.8) is 0 Å². The van der Waals surface area contributed by atoms with Gasteiger partial charge >= 0.3 is 0 Å². The molecule has 0 spiro atoms. The SMILES string of the molecule is BrN1CCC=N1. The maximum absolute atomic E-state index is 3.86. The van der Waals surface area contributed by atoms with Gasteiger partial charge in [0.05, 0.1) is 22.7 Å². The van der Waals surface area contributed by atoms with Crippen molar-refractivity contribution in [3.8, 4) is 0 Å². The molecule has 6 heavy (non-hydrogen) atoms. The van der Waals surface area contributed by atoms with E-state index < -0.39 is 0 Å². The molecule has 0 aromatic rings. The molecular formula is C3H5BrN2. The summed E-state index contributed by atoms with van der Waals surface area (Å²) in [6.07, 6.45) is 2.96. The molecule has 1 aliphatic heterocycles. The predicted octanol–water partition coefficient (Wildman–Crippen LogP) is 0.988. The largest absolute Gasteiger partial charge is 0.230 e. The Morgan fingerprint density at radius 3 is 2.83 bits per heavy atom. The molecular weight excluding hydrogens is 144 g/mol. The van der Waals surface area contributed by atoms with Crippen LogP contribution in [0.1, 0.15) is 6.42 Å². The van der Waals surface area contributed by atoms with Gasteiger partial charge in [0.15, 0.2) is 0 Å². The lowest BCUT2D eigenvalue weighted by Gasteiger charge is -1.96. The molecule has 0 saturated heterocycles. The molecule has 34 valence electrons. The third-order valence-corrected chi connectivity index (χ3v) is 1.19. The van der Waals surface area contributed by atoms with Crippen LogP contribution in [0, 0.1) is 0 Å². The van der Waals surface area contributed by atoms with E-state index in [-0.39, 0.29) is 0 Å². The average molecular weight is 149 g/mol. The third-order valence-electron chi connectivity index (χ3n) is 0.650. The summed E-state index contributed by atoms with van der Waals surface area (Å²) in [4.78, 5) is 0. The molecule has 1 aliphatic rings. The quantitative estimate of drug-likeness (QED) is 0.469. The van der Waals surface area contributed by atoms with E-state index in [1.165, 1.54) is 0 Å². The van der Waals surface area contributed by atoms with Gasteiger partial charge in [-0.2, -0.15) is 5.10 Å². The van der Waals surface area contributed by atoms with E-state index in [1.54, 1.807) is 4.03 Å². The third kappa shape index (κ3) is 0.712. The van der Waals surface area contributed by atoms with Gasteiger partial charge < -0.3 is 0 Å². The smallest absolute Gasteiger partial charge is 0.0686 e. The molecule has 0 aromatic heterocycles. The second-order valence-electron chi connectivity index (χ2n) is 1.15. The van der Waals surface area contributed by atoms with Crippen molar-refractivity contribution in [2.45, 2.75) is 6.42 Å². The Kier molecular flexibility index (Phi) is 1.10. The number of hydrogen-bond donors (Lipinski definition) is 0. The molecule has 0 fully saturated rings. The Labute approximate surface area is 45.2 Å². The molecule has 0 radical (unpaired) electrons. The van der Waals surface area contributed by atoms with Crippen LogP contribution in [-0.4, -0.2) is 16.8 Å². The molecule has 1 rings (SSSR count). The molecule has 0 bridgehead atoms. The van der Waals surface area contributed by atoms with Crippen LogP contribution in [0.2, 0.25) is 0 Å². The standard InChI is InChI=1S/C3H5BrN2/c4-6-3-1-2-5-6/h2H,1,3H2. The van der Waals surface area contributed by atoms with Crippen molar-refractivity contribution in [1.82, 2.24) is 4.03 Å². The number of hydrazone groups is 1. The van der Waals surface area contributed by atoms with E-state index in [9.17, 15) is 0 Å². The number of halogens is 1. The minimum atomic E-state index is 1.01. The highest BCUT2D eigenvalue weighted by Gasteiger charge is 1.96. The Hall–Kier alpha value is -0.0500. The number of hydrogen-bond acceptors (Lipinski definition) is 2. The van der Waals surface area contributed by atoms with Gasteiger partial charge in [-0.05, 0) is 0 Å². The van der Waals surface area contributed by atoms with E-state index in [1.807, 2.05) is 6.21 Å². The first-order valence-electron chi connectivity index (χ1n) is 1.85. The fourth-order valence-electron chi connectivity index (χ4n) is 0.368. The van der Waals surface area contributed by atoms with Crippen molar-refractivity contribution in [1.29, 1.82) is 0 Å². The van der Waals surface area contributed by atoms with Crippen molar-refractivity contribution < 1.29 is 0 Å². The van der Waals surface area contributed by atoms with Gasteiger partial charge in [0.1, 0.15) is 0 Å². The zero-order chi connectivity index (χ0) is 4.41. The minimum Gasteiger partial charge on any atom is -0.230 e. The second-order valence-corrected chi connectivity index (χ2v) is 1.97. The van der Waals surface area contributed by atoms with E-state index in [0.717, 1.165) is 13.0 Å². The van der Waals surface area contributed by atoms with Crippen LogP contribution in [0.5, 0.6) is 0 Å². The summed E-state index contributed by atoms with van der Waals surface area (Å²) >= 11 is 3.17. The normalized spacial score (nSPS) is 19.8. The van der Waals surface area contributed by atoms with Crippen LogP contribution >= 0.6 is 16.1 Å². The molecule has 2 nitrogen and oxygen atoms in total. The van der Waals surface area contributed by atoms with Gasteiger partial charge in [-0.25, -0.2) is 4.03 Å². The fraction of sp³-hybridized carbons (Fsp3) is 0.667. The van der Waals surface area contributed by atoms with Gasteiger partial charge in [0, 0.05) is 12.6 Å². The molecule has 1 heterocycles. The summed E-state index contributed by atoms with van der Waals surface area (Å²) < 4.78 is 1.74. The van der Waals surface area contributed by atoms with Crippen LogP contribution < -0.4 is 0 Å². The van der Waals surface area contributed by atoms with Crippen LogP contribution in [-0.2, 0) is 0 Å².